The molecule has 1 saturated heterocycles. The van der Waals surface area contributed by atoms with Crippen LogP contribution in [0.25, 0.3) is 11.0 Å². The highest BCUT2D eigenvalue weighted by Crippen LogP contribution is 2.21. The van der Waals surface area contributed by atoms with Crippen molar-refractivity contribution in [1.82, 2.24) is 4.90 Å². The minimum absolute atomic E-state index is 0.000735. The molecule has 3 rings (SSSR count). The molecule has 0 bridgehead atoms. The number of carbonyl (C=O) groups is 2. The molecule has 1 aliphatic heterocycles. The van der Waals surface area contributed by atoms with Crippen LogP contribution < -0.4 is 0 Å². The zero-order chi connectivity index (χ0) is 14.8. The van der Waals surface area contributed by atoms with Gasteiger partial charge in [-0.05, 0) is 18.6 Å². The molecule has 1 aliphatic rings. The summed E-state index contributed by atoms with van der Waals surface area (Å²) in [6.45, 7) is 0.865. The average Bonchev–Trinajstić information content (AvgIpc) is 3.11. The number of rotatable bonds is 4. The number of likely N-dealkylation sites (tertiary alicyclic amines) is 1. The van der Waals surface area contributed by atoms with Crippen LogP contribution >= 0.6 is 0 Å². The molecule has 1 atom stereocenters. The number of amides is 1. The molecule has 5 nitrogen and oxygen atoms in total. The fraction of sp³-hybridized carbons (Fsp3) is 0.375. The van der Waals surface area contributed by atoms with Gasteiger partial charge in [-0.2, -0.15) is 0 Å². The number of carboxylic acids is 1. The average molecular weight is 287 g/mol. The first-order chi connectivity index (χ1) is 10.1. The molecular formula is C16H17NO4. The minimum atomic E-state index is -0.817. The first-order valence-corrected chi connectivity index (χ1v) is 7.11. The van der Waals surface area contributed by atoms with Crippen LogP contribution in [0.15, 0.2) is 34.7 Å². The molecule has 0 aliphatic carbocycles. The number of carboxylic acid groups (broad SMARTS) is 1. The number of hydrogen-bond acceptors (Lipinski definition) is 3. The molecule has 110 valence electrons. The van der Waals surface area contributed by atoms with Gasteiger partial charge in [-0.15, -0.1) is 0 Å². The molecule has 0 saturated carbocycles. The second-order valence-electron chi connectivity index (χ2n) is 5.41. The Balaban J connectivity index is 1.57. The van der Waals surface area contributed by atoms with Crippen molar-refractivity contribution in [2.75, 3.05) is 13.1 Å². The van der Waals surface area contributed by atoms with Crippen LogP contribution in [-0.2, 0) is 16.0 Å². The summed E-state index contributed by atoms with van der Waals surface area (Å²) in [5.74, 6) is -0.444. The standard InChI is InChI=1S/C16H17NO4/c18-15(17-8-7-12(10-17)16(19)20)6-5-13-9-11-3-1-2-4-14(11)21-13/h1-4,9,12H,5-8,10H2,(H,19,20)/t12-/m1/s1. The lowest BCUT2D eigenvalue weighted by Gasteiger charge is -2.15. The van der Waals surface area contributed by atoms with Crippen molar-refractivity contribution in [3.63, 3.8) is 0 Å². The molecule has 1 N–H and O–H groups in total. The van der Waals surface area contributed by atoms with Gasteiger partial charge in [-0.1, -0.05) is 18.2 Å². The fourth-order valence-corrected chi connectivity index (χ4v) is 2.74. The summed E-state index contributed by atoms with van der Waals surface area (Å²) < 4.78 is 5.68. The molecule has 1 amide bonds. The van der Waals surface area contributed by atoms with E-state index in [1.54, 1.807) is 4.90 Å². The summed E-state index contributed by atoms with van der Waals surface area (Å²) in [7, 11) is 0. The second-order valence-corrected chi connectivity index (χ2v) is 5.41. The van der Waals surface area contributed by atoms with Crippen LogP contribution in [0.3, 0.4) is 0 Å². The van der Waals surface area contributed by atoms with Crippen molar-refractivity contribution in [3.8, 4) is 0 Å². The summed E-state index contributed by atoms with van der Waals surface area (Å²) in [6.07, 6.45) is 1.44. The van der Waals surface area contributed by atoms with E-state index in [1.807, 2.05) is 30.3 Å². The predicted octanol–water partition coefficient (Wildman–Crippen LogP) is 2.30. The summed E-state index contributed by atoms with van der Waals surface area (Å²) in [5.41, 5.74) is 0.826. The SMILES string of the molecule is O=C(O)[C@@H]1CCN(C(=O)CCc2cc3ccccc3o2)C1. The van der Waals surface area contributed by atoms with Crippen LogP contribution in [0.1, 0.15) is 18.6 Å². The van der Waals surface area contributed by atoms with Crippen molar-refractivity contribution in [2.45, 2.75) is 19.3 Å². The van der Waals surface area contributed by atoms with Crippen molar-refractivity contribution >= 4 is 22.8 Å². The smallest absolute Gasteiger partial charge is 0.308 e. The van der Waals surface area contributed by atoms with E-state index in [9.17, 15) is 9.59 Å². The van der Waals surface area contributed by atoms with Gasteiger partial charge >= 0.3 is 5.97 Å². The lowest BCUT2D eigenvalue weighted by molar-refractivity contribution is -0.141. The van der Waals surface area contributed by atoms with Crippen molar-refractivity contribution in [3.05, 3.63) is 36.1 Å². The number of carbonyl (C=O) groups excluding carboxylic acids is 1. The van der Waals surface area contributed by atoms with E-state index in [-0.39, 0.29) is 5.91 Å². The molecule has 1 aromatic heterocycles. The van der Waals surface area contributed by atoms with Crippen LogP contribution in [0.2, 0.25) is 0 Å². The van der Waals surface area contributed by atoms with Crippen molar-refractivity contribution < 1.29 is 19.1 Å². The quantitative estimate of drug-likeness (QED) is 0.936. The van der Waals surface area contributed by atoms with E-state index in [4.69, 9.17) is 9.52 Å². The maximum absolute atomic E-state index is 12.1. The molecular weight excluding hydrogens is 270 g/mol. The van der Waals surface area contributed by atoms with Gasteiger partial charge in [0.1, 0.15) is 11.3 Å². The second kappa shape index (κ2) is 5.60. The van der Waals surface area contributed by atoms with Crippen LogP contribution in [0.4, 0.5) is 0 Å². The number of aliphatic carboxylic acids is 1. The third-order valence-corrected chi connectivity index (χ3v) is 3.95. The van der Waals surface area contributed by atoms with Crippen molar-refractivity contribution in [1.29, 1.82) is 0 Å². The summed E-state index contributed by atoms with van der Waals surface area (Å²) >= 11 is 0. The van der Waals surface area contributed by atoms with Gasteiger partial charge in [0.25, 0.3) is 0 Å². The topological polar surface area (TPSA) is 70.8 Å². The number of fused-ring (bicyclic) bond motifs is 1. The number of aryl methyl sites for hydroxylation is 1. The van der Waals surface area contributed by atoms with E-state index in [2.05, 4.69) is 0 Å². The third-order valence-electron chi connectivity index (χ3n) is 3.95. The summed E-state index contributed by atoms with van der Waals surface area (Å²) in [6, 6.07) is 9.69. The molecule has 0 spiro atoms. The van der Waals surface area contributed by atoms with Gasteiger partial charge in [-0.3, -0.25) is 9.59 Å². The van der Waals surface area contributed by atoms with Crippen LogP contribution in [-0.4, -0.2) is 35.0 Å². The Labute approximate surface area is 122 Å². The number of nitrogens with zero attached hydrogens (tertiary/aromatic N) is 1. The zero-order valence-electron chi connectivity index (χ0n) is 11.6. The normalized spacial score (nSPS) is 18.3. The van der Waals surface area contributed by atoms with Gasteiger partial charge in [-0.25, -0.2) is 0 Å². The molecule has 5 heteroatoms. The Morgan fingerprint density at radius 3 is 2.86 bits per heavy atom. The first-order valence-electron chi connectivity index (χ1n) is 7.11. The monoisotopic (exact) mass is 287 g/mol. The van der Waals surface area contributed by atoms with Gasteiger partial charge in [0.2, 0.25) is 5.91 Å². The molecule has 2 aromatic rings. The van der Waals surface area contributed by atoms with Gasteiger partial charge in [0.15, 0.2) is 0 Å². The Morgan fingerprint density at radius 2 is 2.14 bits per heavy atom. The van der Waals surface area contributed by atoms with Gasteiger partial charge in [0, 0.05) is 31.3 Å². The molecule has 1 fully saturated rings. The number of para-hydroxylation sites is 1. The Kier molecular flexibility index (Phi) is 3.64. The highest BCUT2D eigenvalue weighted by Gasteiger charge is 2.30. The van der Waals surface area contributed by atoms with Gasteiger partial charge < -0.3 is 14.4 Å². The maximum atomic E-state index is 12.1. The molecule has 21 heavy (non-hydrogen) atoms. The lowest BCUT2D eigenvalue weighted by atomic mass is 10.1. The molecule has 0 radical (unpaired) electrons. The van der Waals surface area contributed by atoms with E-state index in [0.717, 1.165) is 16.7 Å². The molecule has 2 heterocycles. The maximum Gasteiger partial charge on any atom is 0.308 e. The lowest BCUT2D eigenvalue weighted by Crippen LogP contribution is -2.30. The van der Waals surface area contributed by atoms with E-state index < -0.39 is 11.9 Å². The zero-order valence-corrected chi connectivity index (χ0v) is 11.6. The Bertz CT molecular complexity index is 643. The number of furan rings is 1. The number of benzene rings is 1. The first kappa shape index (κ1) is 13.7. The largest absolute Gasteiger partial charge is 0.481 e. The Morgan fingerprint density at radius 1 is 1.33 bits per heavy atom. The van der Waals surface area contributed by atoms with Crippen LogP contribution in [0, 0.1) is 5.92 Å². The molecule has 1 aromatic carbocycles. The molecule has 0 unspecified atom stereocenters. The van der Waals surface area contributed by atoms with E-state index >= 15 is 0 Å². The van der Waals surface area contributed by atoms with Crippen molar-refractivity contribution in [2.24, 2.45) is 5.92 Å². The number of hydrogen-bond donors (Lipinski definition) is 1. The highest BCUT2D eigenvalue weighted by atomic mass is 16.4. The predicted molar refractivity (Wildman–Crippen MR) is 76.9 cm³/mol. The Hall–Kier alpha value is -2.30. The van der Waals surface area contributed by atoms with Crippen LogP contribution in [0.5, 0.6) is 0 Å². The van der Waals surface area contributed by atoms with E-state index in [0.29, 0.717) is 32.4 Å². The highest BCUT2D eigenvalue weighted by molar-refractivity contribution is 5.80. The summed E-state index contributed by atoms with van der Waals surface area (Å²) in [4.78, 5) is 24.6. The van der Waals surface area contributed by atoms with Gasteiger partial charge in [0.05, 0.1) is 5.92 Å². The minimum Gasteiger partial charge on any atom is -0.481 e. The summed E-state index contributed by atoms with van der Waals surface area (Å²) in [5, 5.41) is 9.98. The third kappa shape index (κ3) is 2.91. The fourth-order valence-electron chi connectivity index (χ4n) is 2.74. The van der Waals surface area contributed by atoms with E-state index in [1.165, 1.54) is 0 Å².